The van der Waals surface area contributed by atoms with Crippen LogP contribution in [-0.4, -0.2) is 10.5 Å². The Morgan fingerprint density at radius 2 is 1.00 bits per heavy atom. The zero-order valence-corrected chi connectivity index (χ0v) is 13.0. The second-order valence-corrected chi connectivity index (χ2v) is 9.98. The van der Waals surface area contributed by atoms with Crippen molar-refractivity contribution in [2.24, 2.45) is 0 Å². The molecule has 0 saturated carbocycles. The number of hydrogen-bond donors (Lipinski definition) is 0. The molecule has 1 heteroatoms. The monoisotopic (exact) mass is 270 g/mol. The Hall–Kier alpha value is -1.21. The fraction of sp³-hybridized carbons (Fsp3) is 0.333. The van der Waals surface area contributed by atoms with Crippen LogP contribution in [0.3, 0.4) is 0 Å². The Balaban J connectivity index is 2.42. The van der Waals surface area contributed by atoms with E-state index in [9.17, 15) is 0 Å². The van der Waals surface area contributed by atoms with Gasteiger partial charge in [0.15, 0.2) is 0 Å². The first-order valence-corrected chi connectivity index (χ1v) is 8.85. The van der Waals surface area contributed by atoms with Crippen LogP contribution in [0.5, 0.6) is 0 Å². The summed E-state index contributed by atoms with van der Waals surface area (Å²) in [4.78, 5) is 3.20. The van der Waals surface area contributed by atoms with Crippen molar-refractivity contribution in [1.29, 1.82) is 0 Å². The molecular formula is C18H22S. The van der Waals surface area contributed by atoms with Crippen LogP contribution in [0.1, 0.15) is 27.7 Å². The molecule has 0 spiro atoms. The van der Waals surface area contributed by atoms with E-state index in [1.165, 1.54) is 11.1 Å². The van der Waals surface area contributed by atoms with Gasteiger partial charge in [0.05, 0.1) is 0 Å². The molecule has 0 fully saturated rings. The molecule has 0 saturated heterocycles. The van der Waals surface area contributed by atoms with Gasteiger partial charge in [-0.1, -0.05) is 64.1 Å². The Morgan fingerprint density at radius 3 is 1.37 bits per heavy atom. The average Bonchev–Trinajstić information content (AvgIpc) is 2.70. The predicted molar refractivity (Wildman–Crippen MR) is 86.3 cm³/mol. The van der Waals surface area contributed by atoms with E-state index in [-0.39, 0.29) is 0 Å². The Morgan fingerprint density at radius 1 is 0.632 bits per heavy atom. The van der Waals surface area contributed by atoms with E-state index in [0.29, 0.717) is 10.5 Å². The van der Waals surface area contributed by atoms with Gasteiger partial charge in [0.25, 0.3) is 0 Å². The average molecular weight is 270 g/mol. The fourth-order valence-corrected chi connectivity index (χ4v) is 8.69. The molecule has 0 nitrogen and oxygen atoms in total. The van der Waals surface area contributed by atoms with Crippen LogP contribution in [0.15, 0.2) is 58.3 Å². The van der Waals surface area contributed by atoms with E-state index in [1.54, 1.807) is 9.79 Å². The molecule has 0 radical (unpaired) electrons. The lowest BCUT2D eigenvalue weighted by molar-refractivity contribution is 0.995. The van der Waals surface area contributed by atoms with E-state index in [1.807, 2.05) is 0 Å². The summed E-state index contributed by atoms with van der Waals surface area (Å²) < 4.78 is 0. The van der Waals surface area contributed by atoms with E-state index >= 15 is 0 Å². The second-order valence-electron chi connectivity index (χ2n) is 5.80. The largest absolute Gasteiger partial charge is 0.182 e. The highest BCUT2D eigenvalue weighted by Crippen LogP contribution is 2.76. The third-order valence-corrected chi connectivity index (χ3v) is 9.42. The minimum atomic E-state index is -0.913. The molecular weight excluding hydrogens is 248 g/mol. The van der Waals surface area contributed by atoms with Gasteiger partial charge in [-0.25, -0.2) is 0 Å². The molecule has 100 valence electrons. The maximum absolute atomic E-state index is 2.40. The summed E-state index contributed by atoms with van der Waals surface area (Å²) in [5, 5.41) is 1.36. The molecule has 0 aliphatic carbocycles. The van der Waals surface area contributed by atoms with Crippen molar-refractivity contribution in [3.8, 4) is 11.1 Å². The van der Waals surface area contributed by atoms with Crippen LogP contribution >= 0.6 is 10.0 Å². The fourth-order valence-electron chi connectivity index (χ4n) is 3.65. The van der Waals surface area contributed by atoms with Crippen LogP contribution in [-0.2, 0) is 0 Å². The first kappa shape index (κ1) is 12.8. The van der Waals surface area contributed by atoms with Gasteiger partial charge in [-0.2, -0.15) is 10.0 Å². The minimum absolute atomic E-state index is 0.678. The summed E-state index contributed by atoms with van der Waals surface area (Å²) in [7, 11) is -0.913. The summed E-state index contributed by atoms with van der Waals surface area (Å²) in [6.45, 7) is 9.59. The van der Waals surface area contributed by atoms with Gasteiger partial charge in [-0.3, -0.25) is 0 Å². The summed E-state index contributed by atoms with van der Waals surface area (Å²) >= 11 is 0. The van der Waals surface area contributed by atoms with Crippen molar-refractivity contribution in [1.82, 2.24) is 0 Å². The molecule has 0 unspecified atom stereocenters. The SMILES string of the molecule is CC(C)S1(C(C)C)c2ccccc2-c2ccccc21. The quantitative estimate of drug-likeness (QED) is 0.656. The third-order valence-electron chi connectivity index (χ3n) is 4.28. The summed E-state index contributed by atoms with van der Waals surface area (Å²) in [5.74, 6) is 0. The number of hydrogen-bond acceptors (Lipinski definition) is 0. The van der Waals surface area contributed by atoms with Crippen LogP contribution in [0, 0.1) is 0 Å². The van der Waals surface area contributed by atoms with Crippen LogP contribution in [0.4, 0.5) is 0 Å². The maximum Gasteiger partial charge on any atom is 0.00248 e. The highest BCUT2D eigenvalue weighted by atomic mass is 32.3. The molecule has 19 heavy (non-hydrogen) atoms. The molecule has 0 bridgehead atoms. The van der Waals surface area contributed by atoms with Gasteiger partial charge >= 0.3 is 0 Å². The lowest BCUT2D eigenvalue weighted by Gasteiger charge is -2.46. The smallest absolute Gasteiger partial charge is 0.00248 e. The van der Waals surface area contributed by atoms with Crippen LogP contribution < -0.4 is 0 Å². The topological polar surface area (TPSA) is 0 Å². The van der Waals surface area contributed by atoms with Gasteiger partial charge in [0.2, 0.25) is 0 Å². The number of rotatable bonds is 2. The highest BCUT2D eigenvalue weighted by Gasteiger charge is 2.42. The zero-order chi connectivity index (χ0) is 13.6. The first-order chi connectivity index (χ1) is 9.10. The molecule has 3 rings (SSSR count). The molecule has 1 aliphatic heterocycles. The molecule has 2 aromatic rings. The van der Waals surface area contributed by atoms with Gasteiger partial charge < -0.3 is 0 Å². The third kappa shape index (κ3) is 1.54. The summed E-state index contributed by atoms with van der Waals surface area (Å²) in [6, 6.07) is 18.1. The number of fused-ring (bicyclic) bond motifs is 3. The van der Waals surface area contributed by atoms with Gasteiger partial charge in [-0.15, -0.1) is 0 Å². The van der Waals surface area contributed by atoms with Crippen molar-refractivity contribution >= 4 is 10.0 Å². The second kappa shape index (κ2) is 4.42. The standard InChI is InChI=1S/C18H22S/c1-13(2)19(14(3)4)17-11-7-5-9-15(17)16-10-6-8-12-18(16)19/h5-14H,1-4H3. The van der Waals surface area contributed by atoms with Gasteiger partial charge in [-0.05, 0) is 33.8 Å². The van der Waals surface area contributed by atoms with Crippen molar-refractivity contribution < 1.29 is 0 Å². The highest BCUT2D eigenvalue weighted by molar-refractivity contribution is 8.35. The Labute approximate surface area is 118 Å². The van der Waals surface area contributed by atoms with Gasteiger partial charge in [0.1, 0.15) is 0 Å². The Kier molecular flexibility index (Phi) is 2.98. The molecule has 0 amide bonds. The Bertz CT molecular complexity index is 555. The normalized spacial score (nSPS) is 17.4. The maximum atomic E-state index is 2.40. The first-order valence-electron chi connectivity index (χ1n) is 7.09. The van der Waals surface area contributed by atoms with Crippen molar-refractivity contribution in [2.45, 2.75) is 48.0 Å². The van der Waals surface area contributed by atoms with E-state index in [2.05, 4.69) is 76.2 Å². The van der Waals surface area contributed by atoms with Crippen molar-refractivity contribution in [2.75, 3.05) is 0 Å². The lowest BCUT2D eigenvalue weighted by Crippen LogP contribution is -2.20. The van der Waals surface area contributed by atoms with E-state index in [0.717, 1.165) is 0 Å². The van der Waals surface area contributed by atoms with E-state index in [4.69, 9.17) is 0 Å². The minimum Gasteiger partial charge on any atom is -0.182 e. The van der Waals surface area contributed by atoms with Gasteiger partial charge in [0, 0.05) is 9.79 Å². The molecule has 1 heterocycles. The molecule has 1 aliphatic rings. The summed E-state index contributed by atoms with van der Waals surface area (Å²) in [6.07, 6.45) is 0. The van der Waals surface area contributed by atoms with Crippen molar-refractivity contribution in [3.63, 3.8) is 0 Å². The van der Waals surface area contributed by atoms with Crippen LogP contribution in [0.25, 0.3) is 11.1 Å². The molecule has 0 atom stereocenters. The van der Waals surface area contributed by atoms with E-state index < -0.39 is 10.0 Å². The molecule has 0 N–H and O–H groups in total. The molecule has 0 aromatic heterocycles. The number of benzene rings is 2. The zero-order valence-electron chi connectivity index (χ0n) is 12.2. The molecule has 2 aromatic carbocycles. The summed E-state index contributed by atoms with van der Waals surface area (Å²) in [5.41, 5.74) is 2.94. The van der Waals surface area contributed by atoms with Crippen molar-refractivity contribution in [3.05, 3.63) is 48.5 Å². The predicted octanol–water partition coefficient (Wildman–Crippen LogP) is 5.71. The van der Waals surface area contributed by atoms with Crippen LogP contribution in [0.2, 0.25) is 0 Å². The lowest BCUT2D eigenvalue weighted by atomic mass is 10.1.